The first kappa shape index (κ1) is 16.0. The van der Waals surface area contributed by atoms with Crippen LogP contribution in [0.3, 0.4) is 0 Å². The van der Waals surface area contributed by atoms with Gasteiger partial charge in [-0.05, 0) is 25.1 Å². The fourth-order valence-corrected chi connectivity index (χ4v) is 1.86. The van der Waals surface area contributed by atoms with Crippen LogP contribution in [0.1, 0.15) is 26.3 Å². The smallest absolute Gasteiger partial charge is 0.339 e. The van der Waals surface area contributed by atoms with Crippen molar-refractivity contribution in [2.24, 2.45) is 0 Å². The molecule has 8 heteroatoms. The van der Waals surface area contributed by atoms with Crippen molar-refractivity contribution in [3.8, 4) is 11.5 Å². The molecule has 2 aromatic carbocycles. The third-order valence-corrected chi connectivity index (χ3v) is 2.98. The van der Waals surface area contributed by atoms with E-state index >= 15 is 0 Å². The Morgan fingerprint density at radius 2 is 1.70 bits per heavy atom. The first-order chi connectivity index (χ1) is 10.8. The molecule has 0 fully saturated rings. The van der Waals surface area contributed by atoms with Gasteiger partial charge in [-0.25, -0.2) is 9.59 Å². The summed E-state index contributed by atoms with van der Waals surface area (Å²) < 4.78 is 5.34. The lowest BCUT2D eigenvalue weighted by Crippen LogP contribution is -2.07. The van der Waals surface area contributed by atoms with Crippen LogP contribution < -0.4 is 4.74 Å². The molecule has 118 valence electrons. The van der Waals surface area contributed by atoms with Gasteiger partial charge in [-0.3, -0.25) is 10.1 Å². The minimum atomic E-state index is -1.53. The van der Waals surface area contributed by atoms with Crippen LogP contribution in [0.2, 0.25) is 0 Å². The number of rotatable bonds is 5. The van der Waals surface area contributed by atoms with E-state index in [9.17, 15) is 24.8 Å². The van der Waals surface area contributed by atoms with E-state index < -0.39 is 39.4 Å². The molecule has 23 heavy (non-hydrogen) atoms. The van der Waals surface area contributed by atoms with Crippen molar-refractivity contribution in [3.63, 3.8) is 0 Å². The molecule has 0 saturated heterocycles. The molecular formula is C15H11NO7. The van der Waals surface area contributed by atoms with Gasteiger partial charge >= 0.3 is 17.6 Å². The SMILES string of the molecule is Cc1ccc(Oc2c(C(=O)O)cc(C(=O)O)cc2[N+](=O)[O-])cc1. The summed E-state index contributed by atoms with van der Waals surface area (Å²) >= 11 is 0. The van der Waals surface area contributed by atoms with Crippen molar-refractivity contribution < 1.29 is 29.5 Å². The summed E-state index contributed by atoms with van der Waals surface area (Å²) in [6.45, 7) is 1.83. The second kappa shape index (κ2) is 6.14. The molecule has 0 amide bonds. The number of hydrogen-bond donors (Lipinski definition) is 2. The number of benzene rings is 2. The van der Waals surface area contributed by atoms with Crippen molar-refractivity contribution in [3.05, 3.63) is 63.2 Å². The van der Waals surface area contributed by atoms with Crippen LogP contribution in [0.4, 0.5) is 5.69 Å². The van der Waals surface area contributed by atoms with Crippen LogP contribution in [-0.2, 0) is 0 Å². The number of hydrogen-bond acceptors (Lipinski definition) is 5. The number of aryl methyl sites for hydroxylation is 1. The summed E-state index contributed by atoms with van der Waals surface area (Å²) in [5, 5.41) is 29.3. The van der Waals surface area contributed by atoms with Gasteiger partial charge in [0.25, 0.3) is 0 Å². The largest absolute Gasteiger partial charge is 0.478 e. The summed E-state index contributed by atoms with van der Waals surface area (Å²) in [7, 11) is 0. The van der Waals surface area contributed by atoms with E-state index in [1.165, 1.54) is 12.1 Å². The topological polar surface area (TPSA) is 127 Å². The molecule has 8 nitrogen and oxygen atoms in total. The number of aromatic carboxylic acids is 2. The molecule has 0 aliphatic carbocycles. The zero-order valence-electron chi connectivity index (χ0n) is 11.8. The highest BCUT2D eigenvalue weighted by atomic mass is 16.6. The predicted molar refractivity (Wildman–Crippen MR) is 78.3 cm³/mol. The van der Waals surface area contributed by atoms with E-state index in [2.05, 4.69) is 0 Å². The molecule has 0 spiro atoms. The van der Waals surface area contributed by atoms with Crippen LogP contribution in [-0.4, -0.2) is 27.1 Å². The number of nitro groups is 1. The lowest BCUT2D eigenvalue weighted by molar-refractivity contribution is -0.385. The zero-order chi connectivity index (χ0) is 17.1. The summed E-state index contributed by atoms with van der Waals surface area (Å²) in [4.78, 5) is 32.6. The first-order valence-corrected chi connectivity index (χ1v) is 6.33. The number of carbonyl (C=O) groups is 2. The van der Waals surface area contributed by atoms with Gasteiger partial charge in [0.2, 0.25) is 5.75 Å². The highest BCUT2D eigenvalue weighted by molar-refractivity contribution is 5.98. The highest BCUT2D eigenvalue weighted by Gasteiger charge is 2.27. The summed E-state index contributed by atoms with van der Waals surface area (Å²) in [5.74, 6) is -3.32. The molecule has 0 saturated carbocycles. The molecular weight excluding hydrogens is 306 g/mol. The lowest BCUT2D eigenvalue weighted by Gasteiger charge is -2.10. The molecule has 0 bridgehead atoms. The Morgan fingerprint density at radius 1 is 1.09 bits per heavy atom. The maximum Gasteiger partial charge on any atom is 0.339 e. The van der Waals surface area contributed by atoms with Crippen LogP contribution in [0, 0.1) is 17.0 Å². The first-order valence-electron chi connectivity index (χ1n) is 6.33. The number of carboxylic acid groups (broad SMARTS) is 2. The molecule has 2 rings (SSSR count). The average Bonchev–Trinajstić information content (AvgIpc) is 2.48. The second-order valence-electron chi connectivity index (χ2n) is 4.65. The molecule has 0 aliphatic heterocycles. The van der Waals surface area contributed by atoms with Crippen molar-refractivity contribution in [2.45, 2.75) is 6.92 Å². The average molecular weight is 317 g/mol. The molecule has 0 radical (unpaired) electrons. The third kappa shape index (κ3) is 3.43. The fraction of sp³-hybridized carbons (Fsp3) is 0.0667. The maximum atomic E-state index is 11.3. The molecule has 2 N–H and O–H groups in total. The van der Waals surface area contributed by atoms with Crippen LogP contribution in [0.5, 0.6) is 11.5 Å². The van der Waals surface area contributed by atoms with Crippen LogP contribution in [0.15, 0.2) is 36.4 Å². The third-order valence-electron chi connectivity index (χ3n) is 2.98. The molecule has 0 aromatic heterocycles. The Hall–Kier alpha value is -3.42. The van der Waals surface area contributed by atoms with E-state index in [1.807, 2.05) is 6.92 Å². The van der Waals surface area contributed by atoms with Crippen molar-refractivity contribution in [2.75, 3.05) is 0 Å². The number of ether oxygens (including phenoxy) is 1. The Kier molecular flexibility index (Phi) is 4.26. The predicted octanol–water partition coefficient (Wildman–Crippen LogP) is 3.09. The fourth-order valence-electron chi connectivity index (χ4n) is 1.86. The molecule has 0 aliphatic rings. The summed E-state index contributed by atoms with van der Waals surface area (Å²) in [6.07, 6.45) is 0. The van der Waals surface area contributed by atoms with Gasteiger partial charge in [0.15, 0.2) is 0 Å². The number of carboxylic acids is 2. The Labute approximate surface area is 129 Å². The minimum Gasteiger partial charge on any atom is -0.478 e. The van der Waals surface area contributed by atoms with Gasteiger partial charge in [-0.15, -0.1) is 0 Å². The Balaban J connectivity index is 2.63. The zero-order valence-corrected chi connectivity index (χ0v) is 11.8. The van der Waals surface area contributed by atoms with E-state index in [0.717, 1.165) is 17.7 Å². The van der Waals surface area contributed by atoms with Gasteiger partial charge in [0, 0.05) is 6.07 Å². The quantitative estimate of drug-likeness (QED) is 0.640. The van der Waals surface area contributed by atoms with E-state index in [0.29, 0.717) is 0 Å². The maximum absolute atomic E-state index is 11.3. The molecule has 2 aromatic rings. The van der Waals surface area contributed by atoms with Gasteiger partial charge in [-0.2, -0.15) is 0 Å². The van der Waals surface area contributed by atoms with Crippen molar-refractivity contribution in [1.82, 2.24) is 0 Å². The summed E-state index contributed by atoms with van der Waals surface area (Å²) in [6, 6.07) is 8.01. The van der Waals surface area contributed by atoms with E-state index in [-0.39, 0.29) is 5.75 Å². The normalized spacial score (nSPS) is 10.1. The van der Waals surface area contributed by atoms with E-state index in [1.54, 1.807) is 12.1 Å². The Morgan fingerprint density at radius 3 is 2.17 bits per heavy atom. The van der Waals surface area contributed by atoms with Gasteiger partial charge in [0.05, 0.1) is 10.5 Å². The molecule has 0 heterocycles. The Bertz CT molecular complexity index is 761. The number of nitro benzene ring substituents is 1. The van der Waals surface area contributed by atoms with E-state index in [4.69, 9.17) is 9.84 Å². The van der Waals surface area contributed by atoms with Gasteiger partial charge < -0.3 is 14.9 Å². The second-order valence-corrected chi connectivity index (χ2v) is 4.65. The number of nitrogens with zero attached hydrogens (tertiary/aromatic N) is 1. The van der Waals surface area contributed by atoms with Gasteiger partial charge in [0.1, 0.15) is 11.3 Å². The van der Waals surface area contributed by atoms with Crippen molar-refractivity contribution >= 4 is 17.6 Å². The van der Waals surface area contributed by atoms with Crippen LogP contribution in [0.25, 0.3) is 0 Å². The molecule has 0 unspecified atom stereocenters. The standard InChI is InChI=1S/C15H11NO7/c1-8-2-4-10(5-3-8)23-13-11(15(19)20)6-9(14(17)18)7-12(13)16(21)22/h2-7H,1H3,(H,17,18)(H,19,20). The highest BCUT2D eigenvalue weighted by Crippen LogP contribution is 2.36. The van der Waals surface area contributed by atoms with Crippen LogP contribution >= 0.6 is 0 Å². The van der Waals surface area contributed by atoms with Crippen molar-refractivity contribution in [1.29, 1.82) is 0 Å². The monoisotopic (exact) mass is 317 g/mol. The minimum absolute atomic E-state index is 0.198. The molecule has 0 atom stereocenters. The van der Waals surface area contributed by atoms with Gasteiger partial charge in [-0.1, -0.05) is 17.7 Å². The lowest BCUT2D eigenvalue weighted by atomic mass is 10.1. The summed E-state index contributed by atoms with van der Waals surface area (Å²) in [5.41, 5.74) is -0.920.